The Morgan fingerprint density at radius 2 is 2.33 bits per heavy atom. The molecule has 100 valence electrons. The molecule has 1 aliphatic heterocycles. The molecular formula is C15H25N3. The summed E-state index contributed by atoms with van der Waals surface area (Å²) in [5.74, 6) is 0.748. The molecule has 18 heavy (non-hydrogen) atoms. The summed E-state index contributed by atoms with van der Waals surface area (Å²) < 4.78 is 0. The van der Waals surface area contributed by atoms with E-state index in [-0.39, 0.29) is 0 Å². The van der Waals surface area contributed by atoms with Crippen LogP contribution >= 0.6 is 0 Å². The van der Waals surface area contributed by atoms with Crippen LogP contribution in [-0.2, 0) is 0 Å². The molecule has 3 heteroatoms. The van der Waals surface area contributed by atoms with Crippen LogP contribution in [0.3, 0.4) is 0 Å². The first kappa shape index (κ1) is 13.3. The molecule has 1 fully saturated rings. The van der Waals surface area contributed by atoms with Crippen molar-refractivity contribution in [2.45, 2.75) is 39.7 Å². The van der Waals surface area contributed by atoms with Crippen molar-refractivity contribution >= 4 is 5.69 Å². The first-order valence-electron chi connectivity index (χ1n) is 7.06. The standard InChI is InChI=1S/C15H25N3/c1-12(2)10-14-11-18(9-5-8-17-14)15-6-4-7-16-13(15)3/h4,6-7,12,14,17H,5,8-11H2,1-3H3. The summed E-state index contributed by atoms with van der Waals surface area (Å²) in [5, 5.41) is 3.67. The van der Waals surface area contributed by atoms with Crippen LogP contribution in [0.25, 0.3) is 0 Å². The molecule has 0 saturated carbocycles. The highest BCUT2D eigenvalue weighted by molar-refractivity contribution is 5.50. The van der Waals surface area contributed by atoms with Crippen LogP contribution < -0.4 is 10.2 Å². The van der Waals surface area contributed by atoms with E-state index in [9.17, 15) is 0 Å². The molecule has 1 atom stereocenters. The Hall–Kier alpha value is -1.09. The number of hydrogen-bond acceptors (Lipinski definition) is 3. The topological polar surface area (TPSA) is 28.2 Å². The van der Waals surface area contributed by atoms with E-state index < -0.39 is 0 Å². The number of nitrogens with one attached hydrogen (secondary N) is 1. The summed E-state index contributed by atoms with van der Waals surface area (Å²) in [6.07, 6.45) is 4.33. The number of pyridine rings is 1. The fourth-order valence-corrected chi connectivity index (χ4v) is 2.75. The van der Waals surface area contributed by atoms with E-state index >= 15 is 0 Å². The zero-order valence-corrected chi connectivity index (χ0v) is 11.8. The highest BCUT2D eigenvalue weighted by atomic mass is 15.2. The normalized spacial score (nSPS) is 21.1. The zero-order valence-electron chi connectivity index (χ0n) is 11.8. The second-order valence-corrected chi connectivity index (χ2v) is 5.69. The molecule has 1 aromatic heterocycles. The molecule has 0 aromatic carbocycles. The predicted octanol–water partition coefficient (Wildman–Crippen LogP) is 2.60. The van der Waals surface area contributed by atoms with E-state index in [1.54, 1.807) is 0 Å². The van der Waals surface area contributed by atoms with Gasteiger partial charge in [0.1, 0.15) is 0 Å². The van der Waals surface area contributed by atoms with Gasteiger partial charge in [0.15, 0.2) is 0 Å². The number of aromatic nitrogens is 1. The summed E-state index contributed by atoms with van der Waals surface area (Å²) in [7, 11) is 0. The lowest BCUT2D eigenvalue weighted by molar-refractivity contribution is 0.436. The summed E-state index contributed by atoms with van der Waals surface area (Å²) in [4.78, 5) is 6.90. The lowest BCUT2D eigenvalue weighted by Crippen LogP contribution is -2.38. The first-order chi connectivity index (χ1) is 8.66. The molecule has 1 aliphatic rings. The van der Waals surface area contributed by atoms with Crippen molar-refractivity contribution in [3.05, 3.63) is 24.0 Å². The highest BCUT2D eigenvalue weighted by Gasteiger charge is 2.19. The fourth-order valence-electron chi connectivity index (χ4n) is 2.75. The number of hydrogen-bond donors (Lipinski definition) is 1. The van der Waals surface area contributed by atoms with Gasteiger partial charge in [-0.2, -0.15) is 0 Å². The Morgan fingerprint density at radius 3 is 3.06 bits per heavy atom. The van der Waals surface area contributed by atoms with Crippen LogP contribution in [0.1, 0.15) is 32.4 Å². The second kappa shape index (κ2) is 6.19. The van der Waals surface area contributed by atoms with Crippen molar-refractivity contribution in [3.63, 3.8) is 0 Å². The molecule has 2 heterocycles. The SMILES string of the molecule is Cc1ncccc1N1CCCNC(CC(C)C)C1. The molecule has 0 radical (unpaired) electrons. The molecule has 3 nitrogen and oxygen atoms in total. The minimum absolute atomic E-state index is 0.604. The van der Waals surface area contributed by atoms with Crippen LogP contribution in [0, 0.1) is 12.8 Å². The molecule has 0 amide bonds. The molecule has 1 unspecified atom stereocenters. The van der Waals surface area contributed by atoms with E-state index in [2.05, 4.69) is 42.0 Å². The van der Waals surface area contributed by atoms with Crippen molar-refractivity contribution in [2.75, 3.05) is 24.5 Å². The van der Waals surface area contributed by atoms with E-state index in [1.165, 1.54) is 18.5 Å². The van der Waals surface area contributed by atoms with Crippen LogP contribution in [0.2, 0.25) is 0 Å². The van der Waals surface area contributed by atoms with Gasteiger partial charge in [0.05, 0.1) is 11.4 Å². The van der Waals surface area contributed by atoms with E-state index in [1.807, 2.05) is 12.3 Å². The highest BCUT2D eigenvalue weighted by Crippen LogP contribution is 2.20. The van der Waals surface area contributed by atoms with Gasteiger partial charge in [-0.3, -0.25) is 4.98 Å². The smallest absolute Gasteiger partial charge is 0.0605 e. The van der Waals surface area contributed by atoms with Gasteiger partial charge in [-0.05, 0) is 44.4 Å². The lowest BCUT2D eigenvalue weighted by Gasteiger charge is -2.28. The van der Waals surface area contributed by atoms with Crippen molar-refractivity contribution in [2.24, 2.45) is 5.92 Å². The average Bonchev–Trinajstić information content (AvgIpc) is 2.54. The predicted molar refractivity (Wildman–Crippen MR) is 77.0 cm³/mol. The van der Waals surface area contributed by atoms with Gasteiger partial charge in [0.2, 0.25) is 0 Å². The summed E-state index contributed by atoms with van der Waals surface area (Å²) >= 11 is 0. The van der Waals surface area contributed by atoms with Crippen molar-refractivity contribution < 1.29 is 0 Å². The second-order valence-electron chi connectivity index (χ2n) is 5.69. The van der Waals surface area contributed by atoms with Crippen LogP contribution in [0.4, 0.5) is 5.69 Å². The van der Waals surface area contributed by atoms with Gasteiger partial charge in [-0.1, -0.05) is 13.8 Å². The molecule has 0 bridgehead atoms. The maximum absolute atomic E-state index is 4.41. The van der Waals surface area contributed by atoms with Crippen molar-refractivity contribution in [3.8, 4) is 0 Å². The summed E-state index contributed by atoms with van der Waals surface area (Å²) in [6, 6.07) is 4.84. The summed E-state index contributed by atoms with van der Waals surface area (Å²) in [5.41, 5.74) is 2.44. The number of aryl methyl sites for hydroxylation is 1. The molecule has 1 aromatic rings. The first-order valence-corrected chi connectivity index (χ1v) is 7.06. The fraction of sp³-hybridized carbons (Fsp3) is 0.667. The van der Waals surface area contributed by atoms with E-state index in [4.69, 9.17) is 0 Å². The van der Waals surface area contributed by atoms with Gasteiger partial charge in [-0.15, -0.1) is 0 Å². The van der Waals surface area contributed by atoms with E-state index in [0.717, 1.165) is 31.2 Å². The largest absolute Gasteiger partial charge is 0.368 e. The summed E-state index contributed by atoms with van der Waals surface area (Å²) in [6.45, 7) is 10.1. The van der Waals surface area contributed by atoms with Gasteiger partial charge in [-0.25, -0.2) is 0 Å². The molecule has 2 rings (SSSR count). The van der Waals surface area contributed by atoms with E-state index in [0.29, 0.717) is 6.04 Å². The Morgan fingerprint density at radius 1 is 1.50 bits per heavy atom. The number of anilines is 1. The van der Waals surface area contributed by atoms with Crippen LogP contribution in [0.15, 0.2) is 18.3 Å². The van der Waals surface area contributed by atoms with Crippen LogP contribution in [-0.4, -0.2) is 30.7 Å². The quantitative estimate of drug-likeness (QED) is 0.890. The minimum Gasteiger partial charge on any atom is -0.368 e. The van der Waals surface area contributed by atoms with Crippen LogP contribution in [0.5, 0.6) is 0 Å². The van der Waals surface area contributed by atoms with Gasteiger partial charge >= 0.3 is 0 Å². The maximum Gasteiger partial charge on any atom is 0.0605 e. The third-order valence-corrected chi connectivity index (χ3v) is 3.55. The van der Waals surface area contributed by atoms with Crippen molar-refractivity contribution in [1.82, 2.24) is 10.3 Å². The van der Waals surface area contributed by atoms with Gasteiger partial charge in [0.25, 0.3) is 0 Å². The molecule has 1 N–H and O–H groups in total. The molecule has 0 aliphatic carbocycles. The Labute approximate surface area is 111 Å². The Bertz CT molecular complexity index is 376. The maximum atomic E-state index is 4.41. The molecule has 0 spiro atoms. The Balaban J connectivity index is 2.09. The molecule has 1 saturated heterocycles. The third kappa shape index (κ3) is 3.45. The van der Waals surface area contributed by atoms with Gasteiger partial charge in [0, 0.05) is 25.3 Å². The monoisotopic (exact) mass is 247 g/mol. The average molecular weight is 247 g/mol. The third-order valence-electron chi connectivity index (χ3n) is 3.55. The minimum atomic E-state index is 0.604. The van der Waals surface area contributed by atoms with Crippen molar-refractivity contribution in [1.29, 1.82) is 0 Å². The van der Waals surface area contributed by atoms with Gasteiger partial charge < -0.3 is 10.2 Å². The Kier molecular flexibility index (Phi) is 4.59. The number of nitrogens with zero attached hydrogens (tertiary/aromatic N) is 2. The number of rotatable bonds is 3. The molecular weight excluding hydrogens is 222 g/mol. The lowest BCUT2D eigenvalue weighted by atomic mass is 10.0. The zero-order chi connectivity index (χ0) is 13.0.